The topological polar surface area (TPSA) is 17.1 Å². The van der Waals surface area contributed by atoms with Crippen LogP contribution < -0.4 is 15.9 Å². The smallest absolute Gasteiger partial charge is 0.171 e. The van der Waals surface area contributed by atoms with E-state index in [1.807, 2.05) is 18.2 Å². The zero-order valence-electron chi connectivity index (χ0n) is 31.6. The highest BCUT2D eigenvalue weighted by molar-refractivity contribution is 7.85. The lowest BCUT2D eigenvalue weighted by Crippen LogP contribution is -2.31. The van der Waals surface area contributed by atoms with Crippen molar-refractivity contribution in [1.29, 1.82) is 0 Å². The summed E-state index contributed by atoms with van der Waals surface area (Å²) in [6, 6.07) is 77.0. The summed E-state index contributed by atoms with van der Waals surface area (Å²) in [6.45, 7) is 0. The van der Waals surface area contributed by atoms with E-state index in [0.29, 0.717) is 0 Å². The summed E-state index contributed by atoms with van der Waals surface area (Å²) in [5.41, 5.74) is 19.0. The molecule has 0 amide bonds. The van der Waals surface area contributed by atoms with Gasteiger partial charge in [-0.3, -0.25) is 0 Å². The van der Waals surface area contributed by atoms with E-state index in [-0.39, 0.29) is 0 Å². The van der Waals surface area contributed by atoms with E-state index in [9.17, 15) is 0 Å². The Balaban J connectivity index is 1.10. The van der Waals surface area contributed by atoms with Crippen molar-refractivity contribution in [2.75, 3.05) is 0 Å². The molecule has 9 aromatic carbocycles. The standard InChI is InChI=1S/C56H35OP/c57-58(36-16-2-1-3-17-36,37-30-32-45-43-22-8-14-28-51(43)55(53(45)34-37)47-24-10-4-18-39(47)40-19-5-11-25-48(40)55)38-31-33-46-44-23-9-15-29-52(44)56(54(46)35-38)49-26-12-6-20-41(49)42-21-7-13-27-50(42)56/h1-35H. The van der Waals surface area contributed by atoms with Gasteiger partial charge in [0.25, 0.3) is 0 Å². The molecule has 0 atom stereocenters. The molecule has 0 fully saturated rings. The van der Waals surface area contributed by atoms with Gasteiger partial charge >= 0.3 is 0 Å². The maximum atomic E-state index is 17.0. The van der Waals surface area contributed by atoms with Crippen LogP contribution in [0.1, 0.15) is 44.5 Å². The van der Waals surface area contributed by atoms with Gasteiger partial charge in [0, 0.05) is 15.9 Å². The van der Waals surface area contributed by atoms with Crippen LogP contribution in [-0.2, 0) is 15.4 Å². The molecule has 0 N–H and O–H groups in total. The summed E-state index contributed by atoms with van der Waals surface area (Å²) in [7, 11) is -3.48. The van der Waals surface area contributed by atoms with Gasteiger partial charge in [-0.1, -0.05) is 200 Å². The molecule has 0 bridgehead atoms. The Morgan fingerprint density at radius 2 is 0.500 bits per heavy atom. The molecule has 0 aliphatic heterocycles. The third kappa shape index (κ3) is 3.73. The Morgan fingerprint density at radius 3 is 0.810 bits per heavy atom. The molecule has 4 aliphatic rings. The van der Waals surface area contributed by atoms with Crippen molar-refractivity contribution in [3.63, 3.8) is 0 Å². The Bertz CT molecular complexity index is 2960. The highest BCUT2D eigenvalue weighted by atomic mass is 31.2. The van der Waals surface area contributed by atoms with E-state index in [2.05, 4.69) is 194 Å². The van der Waals surface area contributed by atoms with E-state index in [0.717, 1.165) is 15.9 Å². The third-order valence-electron chi connectivity index (χ3n) is 13.8. The van der Waals surface area contributed by atoms with Crippen molar-refractivity contribution in [1.82, 2.24) is 0 Å². The van der Waals surface area contributed by atoms with Crippen molar-refractivity contribution in [2.45, 2.75) is 10.8 Å². The van der Waals surface area contributed by atoms with Gasteiger partial charge in [0.05, 0.1) is 10.8 Å². The van der Waals surface area contributed by atoms with Gasteiger partial charge in [-0.25, -0.2) is 0 Å². The molecule has 270 valence electrons. The second-order valence-corrected chi connectivity index (χ2v) is 18.9. The van der Waals surface area contributed by atoms with Crippen LogP contribution >= 0.6 is 7.14 Å². The highest BCUT2D eigenvalue weighted by Gasteiger charge is 2.54. The summed E-state index contributed by atoms with van der Waals surface area (Å²) >= 11 is 0. The van der Waals surface area contributed by atoms with Crippen LogP contribution in [0.2, 0.25) is 0 Å². The predicted octanol–water partition coefficient (Wildman–Crippen LogP) is 12.0. The molecule has 58 heavy (non-hydrogen) atoms. The fourth-order valence-electron chi connectivity index (χ4n) is 11.6. The van der Waals surface area contributed by atoms with Crippen molar-refractivity contribution in [3.05, 3.63) is 257 Å². The van der Waals surface area contributed by atoms with Gasteiger partial charge in [0.2, 0.25) is 0 Å². The Labute approximate surface area is 338 Å². The molecular weight excluding hydrogens is 720 g/mol. The minimum atomic E-state index is -3.48. The van der Waals surface area contributed by atoms with Gasteiger partial charge in [-0.05, 0) is 101 Å². The first-order valence-electron chi connectivity index (χ1n) is 20.2. The molecular formula is C56H35OP. The van der Waals surface area contributed by atoms with Crippen molar-refractivity contribution < 1.29 is 4.57 Å². The molecule has 0 unspecified atom stereocenters. The van der Waals surface area contributed by atoms with Gasteiger partial charge in [-0.15, -0.1) is 0 Å². The Hall–Kier alpha value is -6.79. The first kappa shape index (κ1) is 32.3. The van der Waals surface area contributed by atoms with Crippen molar-refractivity contribution in [2.24, 2.45) is 0 Å². The molecule has 4 aliphatic carbocycles. The summed E-state index contributed by atoms with van der Waals surface area (Å²) in [5, 5.41) is 2.54. The lowest BCUT2D eigenvalue weighted by atomic mass is 9.70. The van der Waals surface area contributed by atoms with Crippen LogP contribution in [0.25, 0.3) is 44.5 Å². The van der Waals surface area contributed by atoms with Crippen molar-refractivity contribution in [3.8, 4) is 44.5 Å². The molecule has 0 saturated heterocycles. The van der Waals surface area contributed by atoms with Crippen LogP contribution in [-0.4, -0.2) is 0 Å². The monoisotopic (exact) mass is 754 g/mol. The fraction of sp³-hybridized carbons (Fsp3) is 0.0357. The van der Waals surface area contributed by atoms with E-state index in [1.165, 1.54) is 89.0 Å². The lowest BCUT2D eigenvalue weighted by molar-refractivity contribution is 0.592. The van der Waals surface area contributed by atoms with Crippen molar-refractivity contribution >= 4 is 23.1 Å². The average molecular weight is 755 g/mol. The van der Waals surface area contributed by atoms with Gasteiger partial charge < -0.3 is 4.57 Å². The fourth-order valence-corrected chi connectivity index (χ4v) is 14.3. The molecule has 0 saturated carbocycles. The molecule has 2 heteroatoms. The van der Waals surface area contributed by atoms with Crippen LogP contribution in [0, 0.1) is 0 Å². The van der Waals surface area contributed by atoms with Gasteiger partial charge in [0.15, 0.2) is 7.14 Å². The number of fused-ring (bicyclic) bond motifs is 20. The van der Waals surface area contributed by atoms with E-state index in [4.69, 9.17) is 0 Å². The third-order valence-corrected chi connectivity index (χ3v) is 16.8. The summed E-state index contributed by atoms with van der Waals surface area (Å²) in [5.74, 6) is 0. The second kappa shape index (κ2) is 11.4. The quantitative estimate of drug-likeness (QED) is 0.164. The highest BCUT2D eigenvalue weighted by Crippen LogP contribution is 2.65. The molecule has 0 heterocycles. The summed E-state index contributed by atoms with van der Waals surface area (Å²) in [4.78, 5) is 0. The first-order valence-corrected chi connectivity index (χ1v) is 21.9. The number of hydrogen-bond acceptors (Lipinski definition) is 1. The minimum Gasteiger partial charge on any atom is -0.309 e. The van der Waals surface area contributed by atoms with Crippen LogP contribution in [0.3, 0.4) is 0 Å². The molecule has 1 nitrogen and oxygen atoms in total. The molecule has 2 spiro atoms. The maximum Gasteiger partial charge on any atom is 0.171 e. The van der Waals surface area contributed by atoms with Crippen LogP contribution in [0.5, 0.6) is 0 Å². The van der Waals surface area contributed by atoms with E-state index in [1.54, 1.807) is 0 Å². The number of hydrogen-bond donors (Lipinski definition) is 0. The lowest BCUT2D eigenvalue weighted by Gasteiger charge is -2.32. The predicted molar refractivity (Wildman–Crippen MR) is 238 cm³/mol. The minimum absolute atomic E-state index is 0.530. The molecule has 0 aromatic heterocycles. The van der Waals surface area contributed by atoms with Gasteiger partial charge in [-0.2, -0.15) is 0 Å². The zero-order chi connectivity index (χ0) is 38.2. The summed E-state index contributed by atoms with van der Waals surface area (Å²) in [6.07, 6.45) is 0. The summed E-state index contributed by atoms with van der Waals surface area (Å²) < 4.78 is 17.0. The second-order valence-electron chi connectivity index (χ2n) is 16.2. The van der Waals surface area contributed by atoms with Crippen LogP contribution in [0.15, 0.2) is 212 Å². The van der Waals surface area contributed by atoms with Gasteiger partial charge in [0.1, 0.15) is 0 Å². The molecule has 13 rings (SSSR count). The number of rotatable bonds is 3. The zero-order valence-corrected chi connectivity index (χ0v) is 32.5. The van der Waals surface area contributed by atoms with Crippen LogP contribution in [0.4, 0.5) is 0 Å². The SMILES string of the molecule is O=P(c1ccccc1)(c1ccc2c(c1)C1(c3ccccc3-c3ccccc31)c1ccccc1-2)c1ccc2c(c1)C1(c3ccccc3-c3ccccc31)c1ccccc1-2. The normalized spacial score (nSPS) is 14.9. The largest absolute Gasteiger partial charge is 0.309 e. The average Bonchev–Trinajstić information content (AvgIpc) is 3.98. The molecule has 9 aromatic rings. The first-order chi connectivity index (χ1) is 28.7. The number of benzene rings is 9. The molecule has 0 radical (unpaired) electrons. The Kier molecular flexibility index (Phi) is 6.36. The maximum absolute atomic E-state index is 17.0. The van der Waals surface area contributed by atoms with E-state index >= 15 is 4.57 Å². The van der Waals surface area contributed by atoms with E-state index < -0.39 is 18.0 Å². The Morgan fingerprint density at radius 1 is 0.241 bits per heavy atom.